The van der Waals surface area contributed by atoms with E-state index in [0.29, 0.717) is 12.8 Å². The van der Waals surface area contributed by atoms with Gasteiger partial charge in [-0.25, -0.2) is 4.98 Å². The molecule has 44 heavy (non-hydrogen) atoms. The highest BCUT2D eigenvalue weighted by Gasteiger charge is 2.47. The molecule has 1 aromatic carbocycles. The van der Waals surface area contributed by atoms with E-state index in [0.717, 1.165) is 40.1 Å². The molecule has 0 radical (unpaired) electrons. The average Bonchev–Trinajstić information content (AvgIpc) is 3.30. The van der Waals surface area contributed by atoms with E-state index in [2.05, 4.69) is 65.4 Å². The number of ether oxygens (including phenoxy) is 1. The number of hydrogen-bond donors (Lipinski definition) is 1. The monoisotopic (exact) mass is 641 g/mol. The van der Waals surface area contributed by atoms with E-state index >= 15 is 0 Å². The Hall–Kier alpha value is -2.13. The van der Waals surface area contributed by atoms with Crippen LogP contribution in [0.15, 0.2) is 42.5 Å². The predicted octanol–water partition coefficient (Wildman–Crippen LogP) is 9.27. The first kappa shape index (κ1) is 36.3. The number of aryl methyl sites for hydroxylation is 1. The van der Waals surface area contributed by atoms with Gasteiger partial charge in [-0.3, -0.25) is 9.59 Å². The van der Waals surface area contributed by atoms with Crippen molar-refractivity contribution in [1.82, 2.24) is 4.98 Å². The number of hydrogen-bond acceptors (Lipinski definition) is 7. The first-order valence-electron chi connectivity index (χ1n) is 16.1. The molecule has 2 aromatic rings. The Labute approximate surface area is 270 Å². The van der Waals surface area contributed by atoms with Crippen molar-refractivity contribution < 1.29 is 23.9 Å². The molecule has 2 heterocycles. The van der Waals surface area contributed by atoms with Crippen LogP contribution >= 0.6 is 11.3 Å². The number of carbonyl (C=O) groups is 2. The molecule has 1 N–H and O–H groups in total. The van der Waals surface area contributed by atoms with Crippen LogP contribution in [-0.4, -0.2) is 42.4 Å². The second kappa shape index (κ2) is 14.5. The molecule has 1 aliphatic heterocycles. The highest BCUT2D eigenvalue weighted by Crippen LogP contribution is 2.42. The number of thiazole rings is 1. The summed E-state index contributed by atoms with van der Waals surface area (Å²) in [5.74, 6) is -0.989. The van der Waals surface area contributed by atoms with Gasteiger partial charge in [0.25, 0.3) is 0 Å². The Kier molecular flexibility index (Phi) is 12.0. The summed E-state index contributed by atoms with van der Waals surface area (Å²) in [4.78, 5) is 32.4. The molecule has 0 bridgehead atoms. The zero-order valence-corrected chi connectivity index (χ0v) is 30.5. The molecule has 244 valence electrons. The van der Waals surface area contributed by atoms with Gasteiger partial charge < -0.3 is 14.3 Å². The number of Topliss-reactive ketones (excluding diaryl/α,β-unsaturated/α-hetero) is 1. The largest absolute Gasteiger partial charge is 0.457 e. The smallest absolute Gasteiger partial charge is 0.309 e. The van der Waals surface area contributed by atoms with Gasteiger partial charge in [0.1, 0.15) is 11.9 Å². The van der Waals surface area contributed by atoms with Gasteiger partial charge in [-0.05, 0) is 81.3 Å². The lowest BCUT2D eigenvalue weighted by Gasteiger charge is -2.44. The van der Waals surface area contributed by atoms with Gasteiger partial charge >= 0.3 is 5.97 Å². The van der Waals surface area contributed by atoms with Crippen molar-refractivity contribution in [2.75, 3.05) is 0 Å². The SMILES string of the molecule is C=CC[C@H]1C(=O)C(C)(C)[C@@H](O)CC(=O)O[C@H](c2ccc3sc(C)nc3c2)CC=C(C)CCC[C@H](C)[C@@H]1O[Si](C)(C)C(C)(C)C. The van der Waals surface area contributed by atoms with Crippen molar-refractivity contribution in [1.29, 1.82) is 0 Å². The predicted molar refractivity (Wildman–Crippen MR) is 184 cm³/mol. The van der Waals surface area contributed by atoms with Gasteiger partial charge in [0, 0.05) is 12.3 Å². The standard InChI is InChI=1S/C36H55NO5SSi/c1-12-14-27-33(42-44(10,11)35(5,6)7)24(3)16-13-15-23(2)17-19-29(26-18-20-30-28(21-26)37-25(4)43-30)41-32(39)22-31(38)36(8,9)34(27)40/h12,17-18,20-21,24,27,29,31,33,38H,1,13-16,19,22H2,2-11H3/t24-,27+,29-,31-,33-/m0/s1. The van der Waals surface area contributed by atoms with Crippen LogP contribution in [0.5, 0.6) is 0 Å². The Balaban J connectivity index is 2.00. The number of rotatable bonds is 5. The quantitative estimate of drug-likeness (QED) is 0.199. The number of aliphatic hydroxyl groups excluding tert-OH is 1. The highest BCUT2D eigenvalue weighted by molar-refractivity contribution is 7.18. The molecule has 6 nitrogen and oxygen atoms in total. The van der Waals surface area contributed by atoms with E-state index in [1.165, 1.54) is 5.57 Å². The summed E-state index contributed by atoms with van der Waals surface area (Å²) >= 11 is 1.63. The van der Waals surface area contributed by atoms with Crippen molar-refractivity contribution in [2.24, 2.45) is 17.3 Å². The van der Waals surface area contributed by atoms with Crippen LogP contribution in [0, 0.1) is 24.2 Å². The van der Waals surface area contributed by atoms with Crippen molar-refractivity contribution in [3.8, 4) is 0 Å². The zero-order chi connectivity index (χ0) is 33.0. The number of ketones is 1. The number of fused-ring (bicyclic) bond motifs is 1. The lowest BCUT2D eigenvalue weighted by Crippen LogP contribution is -2.52. The molecule has 0 saturated carbocycles. The minimum absolute atomic E-state index is 0.0265. The third-order valence-corrected chi connectivity index (χ3v) is 15.3. The van der Waals surface area contributed by atoms with E-state index in [9.17, 15) is 14.7 Å². The molecular weight excluding hydrogens is 587 g/mol. The summed E-state index contributed by atoms with van der Waals surface area (Å²) in [7, 11) is -2.24. The van der Waals surface area contributed by atoms with Gasteiger partial charge in [-0.2, -0.15) is 0 Å². The molecule has 8 heteroatoms. The number of esters is 1. The second-order valence-electron chi connectivity index (χ2n) is 14.9. The fourth-order valence-corrected chi connectivity index (χ4v) is 7.97. The molecule has 0 saturated heterocycles. The Morgan fingerprint density at radius 3 is 2.55 bits per heavy atom. The molecule has 0 spiro atoms. The molecule has 5 atom stereocenters. The van der Waals surface area contributed by atoms with Crippen LogP contribution in [0.4, 0.5) is 0 Å². The second-order valence-corrected chi connectivity index (χ2v) is 20.9. The summed E-state index contributed by atoms with van der Waals surface area (Å²) in [5.41, 5.74) is 1.80. The summed E-state index contributed by atoms with van der Waals surface area (Å²) in [6.45, 7) is 24.8. The number of cyclic esters (lactones) is 1. The molecule has 0 unspecified atom stereocenters. The number of allylic oxidation sites excluding steroid dienone is 2. The number of nitrogens with zero attached hydrogens (tertiary/aromatic N) is 1. The van der Waals surface area contributed by atoms with Crippen molar-refractivity contribution in [3.63, 3.8) is 0 Å². The minimum Gasteiger partial charge on any atom is -0.457 e. The first-order valence-corrected chi connectivity index (χ1v) is 19.8. The van der Waals surface area contributed by atoms with E-state index in [4.69, 9.17) is 9.16 Å². The summed E-state index contributed by atoms with van der Waals surface area (Å²) < 4.78 is 14.2. The van der Waals surface area contributed by atoms with Crippen LogP contribution in [-0.2, 0) is 18.8 Å². The summed E-state index contributed by atoms with van der Waals surface area (Å²) in [5, 5.41) is 12.4. The third kappa shape index (κ3) is 8.77. The van der Waals surface area contributed by atoms with Crippen molar-refractivity contribution in [3.05, 3.63) is 53.1 Å². The van der Waals surface area contributed by atoms with E-state index < -0.39 is 37.8 Å². The average molecular weight is 642 g/mol. The molecule has 1 aromatic heterocycles. The highest BCUT2D eigenvalue weighted by atomic mass is 32.1. The maximum Gasteiger partial charge on any atom is 0.309 e. The van der Waals surface area contributed by atoms with E-state index in [1.54, 1.807) is 31.3 Å². The Morgan fingerprint density at radius 1 is 1.23 bits per heavy atom. The Bertz CT molecular complexity index is 1350. The molecular formula is C36H55NO5SSi. The summed E-state index contributed by atoms with van der Waals surface area (Å²) in [6.07, 6.45) is 5.37. The zero-order valence-electron chi connectivity index (χ0n) is 28.7. The molecule has 3 rings (SSSR count). The third-order valence-electron chi connectivity index (χ3n) is 9.85. The fourth-order valence-electron chi connectivity index (χ4n) is 5.73. The molecule has 0 fully saturated rings. The van der Waals surface area contributed by atoms with E-state index in [1.807, 2.05) is 25.1 Å². The maximum absolute atomic E-state index is 14.4. The minimum atomic E-state index is -2.24. The summed E-state index contributed by atoms with van der Waals surface area (Å²) in [6, 6.07) is 6.01. The van der Waals surface area contributed by atoms with Crippen LogP contribution in [0.1, 0.15) is 104 Å². The van der Waals surface area contributed by atoms with Gasteiger partial charge in [-0.1, -0.05) is 65.3 Å². The molecule has 0 aliphatic carbocycles. The lowest BCUT2D eigenvalue weighted by molar-refractivity contribution is -0.156. The normalized spacial score (nSPS) is 26.7. The topological polar surface area (TPSA) is 85.7 Å². The van der Waals surface area contributed by atoms with Crippen LogP contribution in [0.3, 0.4) is 0 Å². The molecule has 1 aliphatic rings. The number of carbonyl (C=O) groups excluding carboxylic acids is 2. The van der Waals surface area contributed by atoms with Crippen LogP contribution < -0.4 is 0 Å². The molecule has 0 amide bonds. The van der Waals surface area contributed by atoms with E-state index in [-0.39, 0.29) is 29.3 Å². The van der Waals surface area contributed by atoms with Crippen LogP contribution in [0.25, 0.3) is 10.2 Å². The van der Waals surface area contributed by atoms with Gasteiger partial charge in [-0.15, -0.1) is 17.9 Å². The van der Waals surface area contributed by atoms with Crippen molar-refractivity contribution >= 4 is 41.6 Å². The van der Waals surface area contributed by atoms with Crippen molar-refractivity contribution in [2.45, 2.75) is 130 Å². The fraction of sp³-hybridized carbons (Fsp3) is 0.639. The number of aromatic nitrogens is 1. The Morgan fingerprint density at radius 2 is 1.91 bits per heavy atom. The van der Waals surface area contributed by atoms with Gasteiger partial charge in [0.2, 0.25) is 0 Å². The number of aliphatic hydroxyl groups is 1. The van der Waals surface area contributed by atoms with Gasteiger partial charge in [0.05, 0.1) is 39.3 Å². The first-order chi connectivity index (χ1) is 20.4. The number of benzene rings is 1. The lowest BCUT2D eigenvalue weighted by atomic mass is 9.71. The van der Waals surface area contributed by atoms with Crippen LogP contribution in [0.2, 0.25) is 18.1 Å². The maximum atomic E-state index is 14.4. The van der Waals surface area contributed by atoms with Gasteiger partial charge in [0.15, 0.2) is 8.32 Å².